The van der Waals surface area contributed by atoms with Crippen molar-refractivity contribution in [1.29, 1.82) is 0 Å². The summed E-state index contributed by atoms with van der Waals surface area (Å²) in [6.45, 7) is 13.0. The molecule has 0 saturated carbocycles. The third kappa shape index (κ3) is 8.04. The molecule has 7 nitrogen and oxygen atoms in total. The molecular formula is C34H42N2O5. The molecule has 2 N–H and O–H groups in total. The first-order valence-electron chi connectivity index (χ1n) is 14.0. The quantitative estimate of drug-likeness (QED) is 0.176. The molecule has 0 fully saturated rings. The van der Waals surface area contributed by atoms with Crippen molar-refractivity contribution in [3.05, 3.63) is 89.5 Å². The van der Waals surface area contributed by atoms with Gasteiger partial charge in [-0.15, -0.1) is 0 Å². The van der Waals surface area contributed by atoms with Gasteiger partial charge in [0, 0.05) is 29.6 Å². The molecule has 0 spiro atoms. The van der Waals surface area contributed by atoms with Crippen LogP contribution in [0.25, 0.3) is 0 Å². The lowest BCUT2D eigenvalue weighted by Crippen LogP contribution is -2.36. The van der Waals surface area contributed by atoms with Crippen molar-refractivity contribution in [2.75, 3.05) is 24.4 Å². The SMILES string of the molecule is CCC(C)(C)c1ccc(OCC(=O)Nc2cccc(NC(=O)C(OC)C(=O)c3ccccc3)c2)c(C(C)(C)CC)c1. The number of carbonyl (C=O) groups excluding carboxylic acids is 3. The summed E-state index contributed by atoms with van der Waals surface area (Å²) < 4.78 is 11.2. The number of ketones is 1. The maximum atomic E-state index is 12.8. The Kier molecular flexibility index (Phi) is 10.5. The van der Waals surface area contributed by atoms with Gasteiger partial charge in [0.15, 0.2) is 12.7 Å². The Hall–Kier alpha value is -3.97. The Morgan fingerprint density at radius 3 is 2.02 bits per heavy atom. The van der Waals surface area contributed by atoms with Gasteiger partial charge in [-0.1, -0.05) is 90.1 Å². The number of carbonyl (C=O) groups is 3. The smallest absolute Gasteiger partial charge is 0.262 e. The maximum absolute atomic E-state index is 12.8. The Balaban J connectivity index is 1.68. The van der Waals surface area contributed by atoms with Gasteiger partial charge >= 0.3 is 0 Å². The van der Waals surface area contributed by atoms with E-state index in [1.54, 1.807) is 54.6 Å². The topological polar surface area (TPSA) is 93.7 Å². The molecule has 7 heteroatoms. The van der Waals surface area contributed by atoms with Crippen LogP contribution in [0.15, 0.2) is 72.8 Å². The van der Waals surface area contributed by atoms with Gasteiger partial charge in [-0.3, -0.25) is 14.4 Å². The summed E-state index contributed by atoms with van der Waals surface area (Å²) in [5.74, 6) is -0.684. The fourth-order valence-electron chi connectivity index (χ4n) is 4.31. The Morgan fingerprint density at radius 2 is 1.41 bits per heavy atom. The van der Waals surface area contributed by atoms with Gasteiger partial charge in [0.25, 0.3) is 11.8 Å². The highest BCUT2D eigenvalue weighted by atomic mass is 16.5. The monoisotopic (exact) mass is 558 g/mol. The Morgan fingerprint density at radius 1 is 0.780 bits per heavy atom. The molecule has 1 unspecified atom stereocenters. The molecule has 3 aromatic carbocycles. The van der Waals surface area contributed by atoms with Crippen LogP contribution < -0.4 is 15.4 Å². The summed E-state index contributed by atoms with van der Waals surface area (Å²) in [7, 11) is 1.31. The third-order valence-electron chi connectivity index (χ3n) is 7.80. The minimum Gasteiger partial charge on any atom is -0.483 e. The Labute approximate surface area is 243 Å². The lowest BCUT2D eigenvalue weighted by Gasteiger charge is -2.30. The van der Waals surface area contributed by atoms with Crippen LogP contribution in [0, 0.1) is 0 Å². The predicted molar refractivity (Wildman–Crippen MR) is 164 cm³/mol. The van der Waals surface area contributed by atoms with Crippen molar-refractivity contribution in [3.8, 4) is 5.75 Å². The average molecular weight is 559 g/mol. The zero-order valence-electron chi connectivity index (χ0n) is 25.2. The molecule has 0 aliphatic heterocycles. The van der Waals surface area contributed by atoms with Crippen LogP contribution in [0.3, 0.4) is 0 Å². The van der Waals surface area contributed by atoms with E-state index in [-0.39, 0.29) is 23.3 Å². The van der Waals surface area contributed by atoms with Crippen LogP contribution in [0.5, 0.6) is 5.75 Å². The molecule has 0 heterocycles. The minimum absolute atomic E-state index is 0.0347. The van der Waals surface area contributed by atoms with Crippen molar-refractivity contribution in [2.24, 2.45) is 0 Å². The number of hydrogen-bond acceptors (Lipinski definition) is 5. The van der Waals surface area contributed by atoms with Crippen molar-refractivity contribution in [3.63, 3.8) is 0 Å². The van der Waals surface area contributed by atoms with E-state index in [9.17, 15) is 14.4 Å². The molecule has 0 radical (unpaired) electrons. The summed E-state index contributed by atoms with van der Waals surface area (Å²) >= 11 is 0. The molecule has 2 amide bonds. The first-order chi connectivity index (χ1) is 19.4. The van der Waals surface area contributed by atoms with Gasteiger partial charge in [-0.05, 0) is 53.5 Å². The molecule has 0 aliphatic rings. The second-order valence-corrected chi connectivity index (χ2v) is 11.4. The summed E-state index contributed by atoms with van der Waals surface area (Å²) in [4.78, 5) is 38.4. The van der Waals surface area contributed by atoms with Crippen LogP contribution >= 0.6 is 0 Å². The molecule has 3 rings (SSSR count). The van der Waals surface area contributed by atoms with E-state index >= 15 is 0 Å². The molecule has 218 valence electrons. The third-order valence-corrected chi connectivity index (χ3v) is 7.80. The van der Waals surface area contributed by atoms with Gasteiger partial charge < -0.3 is 20.1 Å². The number of benzene rings is 3. The van der Waals surface area contributed by atoms with E-state index in [1.165, 1.54) is 12.7 Å². The summed E-state index contributed by atoms with van der Waals surface area (Å²) in [6.07, 6.45) is 0.626. The summed E-state index contributed by atoms with van der Waals surface area (Å²) in [6, 6.07) is 21.4. The number of methoxy groups -OCH3 is 1. The zero-order chi connectivity index (χ0) is 30.2. The van der Waals surface area contributed by atoms with E-state index in [0.717, 1.165) is 18.4 Å². The predicted octanol–water partition coefficient (Wildman–Crippen LogP) is 6.92. The van der Waals surface area contributed by atoms with Crippen molar-refractivity contribution in [2.45, 2.75) is 71.3 Å². The average Bonchev–Trinajstić information content (AvgIpc) is 2.96. The highest BCUT2D eigenvalue weighted by molar-refractivity contribution is 6.16. The van der Waals surface area contributed by atoms with Gasteiger partial charge in [0.1, 0.15) is 5.75 Å². The van der Waals surface area contributed by atoms with Crippen LogP contribution in [0.4, 0.5) is 11.4 Å². The zero-order valence-corrected chi connectivity index (χ0v) is 25.2. The maximum Gasteiger partial charge on any atom is 0.262 e. The largest absolute Gasteiger partial charge is 0.483 e. The van der Waals surface area contributed by atoms with Gasteiger partial charge in [0.2, 0.25) is 5.78 Å². The normalized spacial score (nSPS) is 12.4. The minimum atomic E-state index is -1.31. The number of nitrogens with one attached hydrogen (secondary N) is 2. The van der Waals surface area contributed by atoms with Crippen LogP contribution in [-0.4, -0.2) is 37.4 Å². The molecule has 3 aromatic rings. The van der Waals surface area contributed by atoms with Crippen molar-refractivity contribution >= 4 is 29.0 Å². The molecule has 0 aliphatic carbocycles. The molecular weight excluding hydrogens is 516 g/mol. The van der Waals surface area contributed by atoms with E-state index in [1.807, 2.05) is 6.07 Å². The lowest BCUT2D eigenvalue weighted by molar-refractivity contribution is -0.123. The van der Waals surface area contributed by atoms with Gasteiger partial charge in [0.05, 0.1) is 0 Å². The first kappa shape index (κ1) is 31.6. The standard InChI is InChI=1S/C34H42N2O5/c1-8-33(3,4)24-18-19-28(27(20-24)34(5,6)9-2)41-22-29(37)35-25-16-13-17-26(21-25)36-32(39)31(40-7)30(38)23-14-11-10-12-15-23/h10-21,31H,8-9,22H2,1-7H3,(H,35,37)(H,36,39). The number of ether oxygens (including phenoxy) is 2. The lowest BCUT2D eigenvalue weighted by atomic mass is 9.76. The number of anilines is 2. The fraction of sp³-hybridized carbons (Fsp3) is 0.382. The van der Waals surface area contributed by atoms with Crippen molar-refractivity contribution < 1.29 is 23.9 Å². The Bertz CT molecular complexity index is 1360. The van der Waals surface area contributed by atoms with Gasteiger partial charge in [-0.25, -0.2) is 0 Å². The second-order valence-electron chi connectivity index (χ2n) is 11.4. The highest BCUT2D eigenvalue weighted by Gasteiger charge is 2.28. The fourth-order valence-corrected chi connectivity index (χ4v) is 4.31. The first-order valence-corrected chi connectivity index (χ1v) is 14.0. The van der Waals surface area contributed by atoms with Crippen molar-refractivity contribution in [1.82, 2.24) is 0 Å². The number of Topliss-reactive ketones (excluding diaryl/α,β-unsaturated/α-hetero) is 1. The van der Waals surface area contributed by atoms with E-state index in [2.05, 4.69) is 64.3 Å². The highest BCUT2D eigenvalue weighted by Crippen LogP contribution is 2.38. The summed E-state index contributed by atoms with van der Waals surface area (Å²) in [5.41, 5.74) is 3.51. The van der Waals surface area contributed by atoms with E-state index in [4.69, 9.17) is 9.47 Å². The van der Waals surface area contributed by atoms with Crippen LogP contribution in [0.1, 0.15) is 75.9 Å². The van der Waals surface area contributed by atoms with Crippen LogP contribution in [-0.2, 0) is 25.2 Å². The van der Waals surface area contributed by atoms with Gasteiger partial charge in [-0.2, -0.15) is 0 Å². The molecule has 41 heavy (non-hydrogen) atoms. The molecule has 1 atom stereocenters. The molecule has 0 aromatic heterocycles. The number of hydrogen-bond donors (Lipinski definition) is 2. The number of rotatable bonds is 13. The van der Waals surface area contributed by atoms with Crippen LogP contribution in [0.2, 0.25) is 0 Å². The molecule has 0 bridgehead atoms. The van der Waals surface area contributed by atoms with E-state index < -0.39 is 17.8 Å². The second kappa shape index (κ2) is 13.6. The number of amides is 2. The molecule has 0 saturated heterocycles. The summed E-state index contributed by atoms with van der Waals surface area (Å²) in [5, 5.41) is 5.52. The van der Waals surface area contributed by atoms with E-state index in [0.29, 0.717) is 22.7 Å².